The van der Waals surface area contributed by atoms with Crippen molar-refractivity contribution in [3.05, 3.63) is 0 Å². The monoisotopic (exact) mass is 346 g/mol. The Bertz CT molecular complexity index is 270. The lowest BCUT2D eigenvalue weighted by Gasteiger charge is -2.12. The molecule has 0 aromatic heterocycles. The van der Waals surface area contributed by atoms with E-state index >= 15 is 0 Å². The molecule has 1 unspecified atom stereocenters. The third-order valence-electron chi connectivity index (χ3n) is 3.94. The van der Waals surface area contributed by atoms with Crippen LogP contribution in [-0.2, 0) is 14.3 Å². The van der Waals surface area contributed by atoms with Crippen molar-refractivity contribution >= 4 is 5.97 Å². The molecule has 5 heteroatoms. The number of carboxylic acids is 1. The molecule has 144 valence electrons. The van der Waals surface area contributed by atoms with Crippen LogP contribution in [0, 0.1) is 0 Å². The summed E-state index contributed by atoms with van der Waals surface area (Å²) in [6.45, 7) is 4.13. The summed E-state index contributed by atoms with van der Waals surface area (Å²) in [5.41, 5.74) is 0. The van der Waals surface area contributed by atoms with Gasteiger partial charge in [0, 0.05) is 19.6 Å². The molecule has 0 saturated heterocycles. The van der Waals surface area contributed by atoms with Crippen LogP contribution in [0.15, 0.2) is 0 Å². The summed E-state index contributed by atoms with van der Waals surface area (Å²) in [7, 11) is 0. The fourth-order valence-corrected chi connectivity index (χ4v) is 2.48. The molecule has 1 atom stereocenters. The van der Waals surface area contributed by atoms with E-state index in [1.807, 2.05) is 0 Å². The van der Waals surface area contributed by atoms with Gasteiger partial charge in [-0.1, -0.05) is 58.3 Å². The summed E-state index contributed by atoms with van der Waals surface area (Å²) < 4.78 is 10.8. The first-order valence-electron chi connectivity index (χ1n) is 9.72. The van der Waals surface area contributed by atoms with Crippen LogP contribution in [0.3, 0.4) is 0 Å². The quantitative estimate of drug-likeness (QED) is 0.343. The van der Waals surface area contributed by atoms with Gasteiger partial charge in [0.15, 0.2) is 0 Å². The summed E-state index contributed by atoms with van der Waals surface area (Å²) in [6, 6.07) is 0. The minimum Gasteiger partial charge on any atom is -0.481 e. The highest BCUT2D eigenvalue weighted by molar-refractivity contribution is 5.66. The van der Waals surface area contributed by atoms with Crippen LogP contribution in [0.4, 0.5) is 0 Å². The molecule has 0 saturated carbocycles. The highest BCUT2D eigenvalue weighted by Crippen LogP contribution is 2.08. The van der Waals surface area contributed by atoms with Crippen molar-refractivity contribution in [3.8, 4) is 0 Å². The van der Waals surface area contributed by atoms with Gasteiger partial charge in [-0.15, -0.1) is 0 Å². The highest BCUT2D eigenvalue weighted by Gasteiger charge is 2.04. The van der Waals surface area contributed by atoms with Crippen LogP contribution in [0.2, 0.25) is 0 Å². The zero-order chi connectivity index (χ0) is 17.9. The van der Waals surface area contributed by atoms with E-state index in [0.717, 1.165) is 19.3 Å². The molecule has 0 spiro atoms. The average molecular weight is 347 g/mol. The average Bonchev–Trinajstić information content (AvgIpc) is 2.55. The Hall–Kier alpha value is -0.650. The zero-order valence-electron chi connectivity index (χ0n) is 15.5. The summed E-state index contributed by atoms with van der Waals surface area (Å²) in [5.74, 6) is -0.750. The van der Waals surface area contributed by atoms with E-state index in [2.05, 4.69) is 6.92 Å². The van der Waals surface area contributed by atoms with Gasteiger partial charge >= 0.3 is 5.97 Å². The first kappa shape index (κ1) is 23.4. The Morgan fingerprint density at radius 1 is 0.792 bits per heavy atom. The van der Waals surface area contributed by atoms with Crippen LogP contribution in [0.25, 0.3) is 0 Å². The maximum atomic E-state index is 10.3. The summed E-state index contributed by atoms with van der Waals surface area (Å²) in [5, 5.41) is 18.2. The van der Waals surface area contributed by atoms with Gasteiger partial charge in [0.25, 0.3) is 0 Å². The topological polar surface area (TPSA) is 76.0 Å². The normalized spacial score (nSPS) is 12.4. The van der Waals surface area contributed by atoms with Crippen molar-refractivity contribution in [2.24, 2.45) is 0 Å². The molecule has 0 amide bonds. The van der Waals surface area contributed by atoms with Gasteiger partial charge in [0.05, 0.1) is 13.2 Å². The molecule has 0 aliphatic rings. The zero-order valence-corrected chi connectivity index (χ0v) is 15.5. The lowest BCUT2D eigenvalue weighted by molar-refractivity contribution is -0.137. The van der Waals surface area contributed by atoms with Crippen LogP contribution in [-0.4, -0.2) is 48.7 Å². The number of ether oxygens (including phenoxy) is 2. The summed E-state index contributed by atoms with van der Waals surface area (Å²) in [4.78, 5) is 10.3. The second-order valence-corrected chi connectivity index (χ2v) is 6.48. The van der Waals surface area contributed by atoms with Crippen molar-refractivity contribution < 1.29 is 24.5 Å². The van der Waals surface area contributed by atoms with Crippen LogP contribution < -0.4 is 0 Å². The Morgan fingerprint density at radius 3 is 1.75 bits per heavy atom. The van der Waals surface area contributed by atoms with Crippen LogP contribution in [0.1, 0.15) is 84.0 Å². The first-order valence-corrected chi connectivity index (χ1v) is 9.72. The number of rotatable bonds is 19. The molecule has 5 nitrogen and oxygen atoms in total. The van der Waals surface area contributed by atoms with E-state index in [4.69, 9.17) is 14.6 Å². The lowest BCUT2D eigenvalue weighted by Crippen LogP contribution is -2.22. The van der Waals surface area contributed by atoms with Crippen molar-refractivity contribution in [2.75, 3.05) is 26.4 Å². The molecule has 0 aromatic rings. The fourth-order valence-electron chi connectivity index (χ4n) is 2.48. The van der Waals surface area contributed by atoms with E-state index in [1.54, 1.807) is 0 Å². The summed E-state index contributed by atoms with van der Waals surface area (Å²) >= 11 is 0. The molecule has 0 rings (SSSR count). The molecule has 2 N–H and O–H groups in total. The van der Waals surface area contributed by atoms with Crippen LogP contribution in [0.5, 0.6) is 0 Å². The fraction of sp³-hybridized carbons (Fsp3) is 0.947. The second-order valence-electron chi connectivity index (χ2n) is 6.48. The van der Waals surface area contributed by atoms with Gasteiger partial charge in [0.2, 0.25) is 0 Å². The number of carbonyl (C=O) groups is 1. The van der Waals surface area contributed by atoms with Gasteiger partial charge in [-0.25, -0.2) is 0 Å². The number of aliphatic hydroxyl groups is 1. The number of hydrogen-bond donors (Lipinski definition) is 2. The van der Waals surface area contributed by atoms with Crippen molar-refractivity contribution in [3.63, 3.8) is 0 Å². The minimum absolute atomic E-state index is 0.217. The van der Waals surface area contributed by atoms with E-state index in [0.29, 0.717) is 26.2 Å². The molecule has 0 aromatic carbocycles. The van der Waals surface area contributed by atoms with Crippen molar-refractivity contribution in [1.82, 2.24) is 0 Å². The largest absolute Gasteiger partial charge is 0.481 e. The Labute approximate surface area is 147 Å². The van der Waals surface area contributed by atoms with E-state index < -0.39 is 12.1 Å². The molecule has 0 heterocycles. The number of unbranched alkanes of at least 4 members (excludes halogenated alkanes) is 9. The van der Waals surface area contributed by atoms with E-state index in [1.165, 1.54) is 44.9 Å². The molecule has 0 radical (unpaired) electrons. The Balaban J connectivity index is 3.15. The summed E-state index contributed by atoms with van der Waals surface area (Å²) in [6.07, 6.45) is 12.2. The third kappa shape index (κ3) is 19.4. The SMILES string of the molecule is CCCCCCCCCCOCC(O)COCCCCCC(=O)O. The third-order valence-corrected chi connectivity index (χ3v) is 3.94. The smallest absolute Gasteiger partial charge is 0.303 e. The minimum atomic E-state index is -0.750. The maximum absolute atomic E-state index is 10.3. The molecule has 0 fully saturated rings. The number of aliphatic carboxylic acids is 1. The van der Waals surface area contributed by atoms with Gasteiger partial charge in [-0.2, -0.15) is 0 Å². The maximum Gasteiger partial charge on any atom is 0.303 e. The molecule has 0 aliphatic carbocycles. The predicted octanol–water partition coefficient (Wildman–Crippen LogP) is 4.17. The second kappa shape index (κ2) is 18.7. The van der Waals surface area contributed by atoms with Crippen molar-refractivity contribution in [1.29, 1.82) is 0 Å². The van der Waals surface area contributed by atoms with Gasteiger partial charge in [-0.3, -0.25) is 4.79 Å². The Morgan fingerprint density at radius 2 is 1.25 bits per heavy atom. The molecular weight excluding hydrogens is 308 g/mol. The van der Waals surface area contributed by atoms with Crippen molar-refractivity contribution in [2.45, 2.75) is 90.1 Å². The molecule has 0 aliphatic heterocycles. The van der Waals surface area contributed by atoms with Gasteiger partial charge < -0.3 is 19.7 Å². The molecule has 0 bridgehead atoms. The molecular formula is C19H38O5. The molecule has 24 heavy (non-hydrogen) atoms. The highest BCUT2D eigenvalue weighted by atomic mass is 16.5. The Kier molecular flexibility index (Phi) is 18.2. The standard InChI is InChI=1S/C19H38O5/c1-2-3-4-5-6-7-8-11-14-23-16-18(20)17-24-15-12-9-10-13-19(21)22/h18,20H,2-17H2,1H3,(H,21,22). The predicted molar refractivity (Wildman–Crippen MR) is 96.4 cm³/mol. The van der Waals surface area contributed by atoms with Gasteiger partial charge in [-0.05, 0) is 19.3 Å². The van der Waals surface area contributed by atoms with Crippen LogP contribution >= 0.6 is 0 Å². The van der Waals surface area contributed by atoms with E-state index in [9.17, 15) is 9.90 Å². The van der Waals surface area contributed by atoms with Gasteiger partial charge in [0.1, 0.15) is 6.10 Å². The number of carboxylic acid groups (broad SMARTS) is 1. The number of aliphatic hydroxyl groups excluding tert-OH is 1. The lowest BCUT2D eigenvalue weighted by atomic mass is 10.1. The number of hydrogen-bond acceptors (Lipinski definition) is 4. The first-order chi connectivity index (χ1) is 11.7. The van der Waals surface area contributed by atoms with E-state index in [-0.39, 0.29) is 13.0 Å².